The van der Waals surface area contributed by atoms with Crippen LogP contribution in [0.1, 0.15) is 70.3 Å². The van der Waals surface area contributed by atoms with Crippen molar-refractivity contribution in [1.29, 1.82) is 0 Å². The minimum absolute atomic E-state index is 0.358. The van der Waals surface area contributed by atoms with E-state index in [2.05, 4.69) is 36.2 Å². The van der Waals surface area contributed by atoms with E-state index in [1.165, 1.54) is 69.8 Å². The summed E-state index contributed by atoms with van der Waals surface area (Å²) in [5.41, 5.74) is 3.58. The van der Waals surface area contributed by atoms with Crippen molar-refractivity contribution in [2.75, 3.05) is 0 Å². The highest BCUT2D eigenvalue weighted by Crippen LogP contribution is 2.34. The Bertz CT molecular complexity index is 703. The molecule has 1 aromatic heterocycles. The molecule has 1 aromatic carbocycles. The molecule has 3 rings (SSSR count). The van der Waals surface area contributed by atoms with Crippen molar-refractivity contribution >= 4 is 23.2 Å². The fourth-order valence-corrected chi connectivity index (χ4v) is 4.58. The lowest BCUT2D eigenvalue weighted by Gasteiger charge is -2.28. The molecule has 0 unspecified atom stereocenters. The van der Waals surface area contributed by atoms with Gasteiger partial charge in [0.15, 0.2) is 0 Å². The Kier molecular flexibility index (Phi) is 8.03. The molecular weight excluding hydrogens is 373 g/mol. The lowest BCUT2D eigenvalue weighted by molar-refractivity contribution is 0.249. The van der Waals surface area contributed by atoms with Crippen molar-refractivity contribution in [2.24, 2.45) is 11.8 Å². The van der Waals surface area contributed by atoms with E-state index in [1.54, 1.807) is 6.20 Å². The first-order chi connectivity index (χ1) is 13.2. The number of aryl methyl sites for hydroxylation is 1. The van der Waals surface area contributed by atoms with Crippen LogP contribution in [-0.4, -0.2) is 4.98 Å². The standard InChI is InChI=1S/C24H31Cl2N/c1-2-3-4-5-18-6-8-19(9-7-18)10-11-20-12-14-21(15-13-20)22-16-23(25)24(26)27-17-22/h12-19H,2-11H2,1H3/t18-,19-. The average Bonchev–Trinajstić information content (AvgIpc) is 2.70. The van der Waals surface area contributed by atoms with Gasteiger partial charge in [0, 0.05) is 11.8 Å². The number of hydrogen-bond donors (Lipinski definition) is 0. The second-order valence-electron chi connectivity index (χ2n) is 8.11. The molecule has 1 heterocycles. The number of hydrogen-bond acceptors (Lipinski definition) is 1. The predicted molar refractivity (Wildman–Crippen MR) is 118 cm³/mol. The molecule has 0 amide bonds. The first kappa shape index (κ1) is 20.7. The molecular formula is C24H31Cl2N. The Morgan fingerprint density at radius 1 is 0.889 bits per heavy atom. The third-order valence-electron chi connectivity index (χ3n) is 6.11. The zero-order chi connectivity index (χ0) is 19.1. The summed E-state index contributed by atoms with van der Waals surface area (Å²) < 4.78 is 0. The van der Waals surface area contributed by atoms with Gasteiger partial charge in [0.2, 0.25) is 0 Å². The first-order valence-electron chi connectivity index (χ1n) is 10.6. The average molecular weight is 404 g/mol. The van der Waals surface area contributed by atoms with E-state index in [-0.39, 0.29) is 0 Å². The van der Waals surface area contributed by atoms with Gasteiger partial charge in [0.1, 0.15) is 5.15 Å². The van der Waals surface area contributed by atoms with Gasteiger partial charge >= 0.3 is 0 Å². The molecule has 1 saturated carbocycles. The quantitative estimate of drug-likeness (QED) is 0.318. The third-order valence-corrected chi connectivity index (χ3v) is 6.79. The summed E-state index contributed by atoms with van der Waals surface area (Å²) >= 11 is 12.0. The largest absolute Gasteiger partial charge is 0.242 e. The lowest BCUT2D eigenvalue weighted by atomic mass is 9.78. The van der Waals surface area contributed by atoms with Crippen LogP contribution in [0.3, 0.4) is 0 Å². The summed E-state index contributed by atoms with van der Waals surface area (Å²) in [6, 6.07) is 10.7. The maximum Gasteiger partial charge on any atom is 0.147 e. The van der Waals surface area contributed by atoms with Crippen molar-refractivity contribution in [3.8, 4) is 11.1 Å². The van der Waals surface area contributed by atoms with Gasteiger partial charge in [-0.25, -0.2) is 4.98 Å². The molecule has 1 nitrogen and oxygen atoms in total. The minimum atomic E-state index is 0.358. The highest BCUT2D eigenvalue weighted by atomic mass is 35.5. The zero-order valence-electron chi connectivity index (χ0n) is 16.4. The fourth-order valence-electron chi connectivity index (χ4n) is 4.31. The molecule has 146 valence electrons. The number of unbranched alkanes of at least 4 members (excludes halogenated alkanes) is 2. The number of pyridine rings is 1. The van der Waals surface area contributed by atoms with Crippen LogP contribution in [0.25, 0.3) is 11.1 Å². The monoisotopic (exact) mass is 403 g/mol. The van der Waals surface area contributed by atoms with Crippen LogP contribution >= 0.6 is 23.2 Å². The van der Waals surface area contributed by atoms with E-state index < -0.39 is 0 Å². The Labute approximate surface area is 174 Å². The van der Waals surface area contributed by atoms with Crippen LogP contribution < -0.4 is 0 Å². The Hall–Kier alpha value is -1.05. The van der Waals surface area contributed by atoms with Crippen LogP contribution in [0.2, 0.25) is 10.2 Å². The van der Waals surface area contributed by atoms with Crippen LogP contribution in [-0.2, 0) is 6.42 Å². The van der Waals surface area contributed by atoms with Gasteiger partial charge in [0.05, 0.1) is 5.02 Å². The number of nitrogens with zero attached hydrogens (tertiary/aromatic N) is 1. The van der Waals surface area contributed by atoms with Crippen LogP contribution in [0.15, 0.2) is 36.5 Å². The number of rotatable bonds is 8. The highest BCUT2D eigenvalue weighted by Gasteiger charge is 2.20. The van der Waals surface area contributed by atoms with Crippen molar-refractivity contribution in [2.45, 2.75) is 71.1 Å². The molecule has 0 N–H and O–H groups in total. The van der Waals surface area contributed by atoms with E-state index in [9.17, 15) is 0 Å². The summed E-state index contributed by atoms with van der Waals surface area (Å²) in [5, 5.41) is 0.862. The molecule has 1 aliphatic carbocycles. The molecule has 27 heavy (non-hydrogen) atoms. The zero-order valence-corrected chi connectivity index (χ0v) is 17.9. The van der Waals surface area contributed by atoms with Crippen molar-refractivity contribution in [3.63, 3.8) is 0 Å². The molecule has 2 aromatic rings. The van der Waals surface area contributed by atoms with E-state index >= 15 is 0 Å². The molecule has 0 atom stereocenters. The normalized spacial score (nSPS) is 20.0. The van der Waals surface area contributed by atoms with Gasteiger partial charge in [-0.2, -0.15) is 0 Å². The summed E-state index contributed by atoms with van der Waals surface area (Å²) in [4.78, 5) is 4.14. The Balaban J connectivity index is 1.45. The smallest absolute Gasteiger partial charge is 0.147 e. The van der Waals surface area contributed by atoms with Gasteiger partial charge in [-0.1, -0.05) is 106 Å². The van der Waals surface area contributed by atoms with Gasteiger partial charge in [-0.3, -0.25) is 0 Å². The molecule has 0 saturated heterocycles. The SMILES string of the molecule is CCCCC[C@H]1CC[C@H](CCc2ccc(-c3cnc(Cl)c(Cl)c3)cc2)CC1. The fraction of sp³-hybridized carbons (Fsp3) is 0.542. The van der Waals surface area contributed by atoms with E-state index in [0.29, 0.717) is 10.2 Å². The van der Waals surface area contributed by atoms with E-state index in [4.69, 9.17) is 23.2 Å². The maximum absolute atomic E-state index is 6.08. The van der Waals surface area contributed by atoms with E-state index in [0.717, 1.165) is 23.0 Å². The molecule has 0 bridgehead atoms. The van der Waals surface area contributed by atoms with Gasteiger partial charge < -0.3 is 0 Å². The van der Waals surface area contributed by atoms with Crippen LogP contribution in [0.4, 0.5) is 0 Å². The second-order valence-corrected chi connectivity index (χ2v) is 8.88. The Morgan fingerprint density at radius 2 is 1.56 bits per heavy atom. The summed E-state index contributed by atoms with van der Waals surface area (Å²) in [6.07, 6.45) is 15.7. The highest BCUT2D eigenvalue weighted by molar-refractivity contribution is 6.41. The molecule has 1 aliphatic rings. The lowest BCUT2D eigenvalue weighted by Crippen LogP contribution is -2.15. The molecule has 0 aliphatic heterocycles. The van der Waals surface area contributed by atoms with Crippen molar-refractivity contribution in [3.05, 3.63) is 52.3 Å². The molecule has 0 spiro atoms. The third kappa shape index (κ3) is 6.22. The molecule has 3 heteroatoms. The number of halogens is 2. The van der Waals surface area contributed by atoms with Crippen LogP contribution in [0.5, 0.6) is 0 Å². The Morgan fingerprint density at radius 3 is 2.19 bits per heavy atom. The topological polar surface area (TPSA) is 12.9 Å². The molecule has 1 fully saturated rings. The number of aromatic nitrogens is 1. The van der Waals surface area contributed by atoms with Crippen LogP contribution in [0, 0.1) is 11.8 Å². The van der Waals surface area contributed by atoms with Gasteiger partial charge in [0.25, 0.3) is 0 Å². The first-order valence-corrected chi connectivity index (χ1v) is 11.3. The van der Waals surface area contributed by atoms with Crippen molar-refractivity contribution < 1.29 is 0 Å². The maximum atomic E-state index is 6.08. The minimum Gasteiger partial charge on any atom is -0.242 e. The van der Waals surface area contributed by atoms with E-state index in [1.807, 2.05) is 6.07 Å². The van der Waals surface area contributed by atoms with Crippen molar-refractivity contribution in [1.82, 2.24) is 4.98 Å². The van der Waals surface area contributed by atoms with Gasteiger partial charge in [-0.15, -0.1) is 0 Å². The summed E-state index contributed by atoms with van der Waals surface area (Å²) in [7, 11) is 0. The summed E-state index contributed by atoms with van der Waals surface area (Å²) in [5.74, 6) is 1.93. The number of benzene rings is 1. The second kappa shape index (κ2) is 10.5. The molecule has 0 radical (unpaired) electrons. The predicted octanol–water partition coefficient (Wildman–Crippen LogP) is 8.37. The van der Waals surface area contributed by atoms with Gasteiger partial charge in [-0.05, 0) is 41.9 Å². The summed E-state index contributed by atoms with van der Waals surface area (Å²) in [6.45, 7) is 2.30.